The summed E-state index contributed by atoms with van der Waals surface area (Å²) in [4.78, 5) is 12.3. The van der Waals surface area contributed by atoms with Gasteiger partial charge in [-0.3, -0.25) is 4.79 Å². The van der Waals surface area contributed by atoms with Gasteiger partial charge in [-0.2, -0.15) is 0 Å². The van der Waals surface area contributed by atoms with Crippen molar-refractivity contribution in [2.75, 3.05) is 70.6 Å². The summed E-state index contributed by atoms with van der Waals surface area (Å²) in [6.45, 7) is 14.7. The van der Waals surface area contributed by atoms with Crippen molar-refractivity contribution in [1.29, 1.82) is 0 Å². The molecule has 0 N–H and O–H groups in total. The number of ether oxygens (including phenoxy) is 1. The molecule has 0 aliphatic heterocycles. The van der Waals surface area contributed by atoms with E-state index in [1.165, 1.54) is 0 Å². The van der Waals surface area contributed by atoms with Crippen LogP contribution in [0.15, 0.2) is 0 Å². The van der Waals surface area contributed by atoms with Crippen molar-refractivity contribution in [2.45, 2.75) is 94.9 Å². The third-order valence-corrected chi connectivity index (χ3v) is 33.4. The Morgan fingerprint density at radius 2 is 0.660 bits per heavy atom. The topological polar surface area (TPSA) is 137 Å². The van der Waals surface area contributed by atoms with Crippen molar-refractivity contribution in [3.63, 3.8) is 0 Å². The minimum absolute atomic E-state index is 0.116. The number of hydrogen-bond acceptors (Lipinski definition) is 14. The highest BCUT2D eigenvalue weighted by Crippen LogP contribution is 2.36. The van der Waals surface area contributed by atoms with E-state index in [1.54, 1.807) is 70.9 Å². The monoisotopic (exact) mass is 798 g/mol. The Labute approximate surface area is 292 Å². The summed E-state index contributed by atoms with van der Waals surface area (Å²) in [7, 11) is -5.41. The van der Waals surface area contributed by atoms with E-state index in [0.29, 0.717) is 42.3 Å². The quantitative estimate of drug-likeness (QED) is 0.0760. The van der Waals surface area contributed by atoms with Crippen LogP contribution in [0.2, 0.25) is 81.6 Å². The summed E-state index contributed by atoms with van der Waals surface area (Å²) in [5, 5.41) is 0. The fourth-order valence-corrected chi connectivity index (χ4v) is 33.8. The molecule has 0 bridgehead atoms. The van der Waals surface area contributed by atoms with Crippen LogP contribution in [-0.4, -0.2) is 137 Å². The van der Waals surface area contributed by atoms with Crippen molar-refractivity contribution in [3.8, 4) is 0 Å². The van der Waals surface area contributed by atoms with Gasteiger partial charge in [0.1, 0.15) is 0 Å². The van der Waals surface area contributed by atoms with E-state index in [0.717, 1.165) is 0 Å². The molecule has 0 amide bonds. The normalized spacial score (nSPS) is 14.1. The van der Waals surface area contributed by atoms with Crippen molar-refractivity contribution >= 4 is 66.1 Å². The Kier molecular flexibility index (Phi) is 21.4. The van der Waals surface area contributed by atoms with E-state index in [1.807, 2.05) is 0 Å². The molecule has 282 valence electrons. The molecule has 0 saturated heterocycles. The van der Waals surface area contributed by atoms with Crippen LogP contribution < -0.4 is 0 Å². The van der Waals surface area contributed by atoms with Gasteiger partial charge in [0.25, 0.3) is 0 Å². The predicted octanol–water partition coefficient (Wildman–Crippen LogP) is 5.18. The first-order valence-electron chi connectivity index (χ1n) is 16.0. The summed E-state index contributed by atoms with van der Waals surface area (Å²) in [6.07, 6.45) is 0.269. The molecule has 0 saturated carbocycles. The summed E-state index contributed by atoms with van der Waals surface area (Å²) in [6, 6.07) is 4.05. The Hall–Kier alpha value is 0.508. The van der Waals surface area contributed by atoms with E-state index in [9.17, 15) is 4.79 Å². The molecule has 0 aromatic rings. The minimum Gasteiger partial charge on any atom is -0.466 e. The van der Waals surface area contributed by atoms with Gasteiger partial charge in [0.2, 0.25) is 0 Å². The molecular weight excluding hydrogens is 733 g/mol. The maximum Gasteiger partial charge on any atom is 0.499 e. The lowest BCUT2D eigenvalue weighted by molar-refractivity contribution is -0.142. The molecule has 0 aliphatic carbocycles. The molecule has 14 nitrogen and oxygen atoms in total. The van der Waals surface area contributed by atoms with Crippen LogP contribution in [-0.2, 0) is 61.7 Å². The first-order chi connectivity index (χ1) is 21.7. The third kappa shape index (κ3) is 16.2. The van der Waals surface area contributed by atoms with Crippen molar-refractivity contribution in [1.82, 2.24) is 0 Å². The van der Waals surface area contributed by atoms with Crippen LogP contribution in [0.3, 0.4) is 0 Å². The Bertz CT molecular complexity index is 770. The summed E-state index contributed by atoms with van der Waals surface area (Å²) < 4.78 is 78.9. The van der Waals surface area contributed by atoms with E-state index in [-0.39, 0.29) is 19.0 Å². The van der Waals surface area contributed by atoms with E-state index in [4.69, 9.17) is 56.9 Å². The lowest BCUT2D eigenvalue weighted by Crippen LogP contribution is -2.63. The van der Waals surface area contributed by atoms with Gasteiger partial charge in [-0.1, -0.05) is 6.92 Å². The SMILES string of the molecule is CCC(=O)OCC[Si](O[Si](C)(C)CC[Si](OC)(OC)OC)(O[Si](C)(C)CC[Si](OC)(OC)OC)O[Si](C)(C)CC[Si](OC)(OC)OC. The molecule has 0 heterocycles. The van der Waals surface area contributed by atoms with Gasteiger partial charge in [0.15, 0.2) is 25.0 Å². The van der Waals surface area contributed by atoms with Crippen LogP contribution in [0, 0.1) is 0 Å². The number of esters is 1. The number of carbonyl (C=O) groups excluding carboxylic acids is 1. The highest BCUT2D eigenvalue weighted by atomic mass is 28.5. The predicted molar refractivity (Wildman–Crippen MR) is 197 cm³/mol. The zero-order valence-electron chi connectivity index (χ0n) is 32.1. The second-order valence-corrected chi connectivity index (χ2v) is 38.6. The Morgan fingerprint density at radius 3 is 0.872 bits per heavy atom. The molecule has 0 aromatic carbocycles. The second-order valence-electron chi connectivity index (χ2n) is 13.0. The lowest BCUT2D eigenvalue weighted by Gasteiger charge is -2.45. The number of rotatable bonds is 28. The Morgan fingerprint density at radius 1 is 0.404 bits per heavy atom. The molecule has 0 aromatic heterocycles. The van der Waals surface area contributed by atoms with Crippen molar-refractivity contribution in [2.24, 2.45) is 0 Å². The molecule has 0 atom stereocenters. The molecule has 0 spiro atoms. The lowest BCUT2D eigenvalue weighted by atomic mass is 10.5. The highest BCUT2D eigenvalue weighted by Gasteiger charge is 2.55. The van der Waals surface area contributed by atoms with Crippen molar-refractivity contribution in [3.05, 3.63) is 0 Å². The minimum atomic E-state index is -3.58. The van der Waals surface area contributed by atoms with Crippen LogP contribution in [0.25, 0.3) is 0 Å². The van der Waals surface area contributed by atoms with Gasteiger partial charge in [0, 0.05) is 94.6 Å². The zero-order chi connectivity index (χ0) is 36.6. The van der Waals surface area contributed by atoms with Crippen LogP contribution in [0.1, 0.15) is 13.3 Å². The van der Waals surface area contributed by atoms with E-state index >= 15 is 0 Å². The van der Waals surface area contributed by atoms with E-state index < -0.39 is 60.2 Å². The molecule has 47 heavy (non-hydrogen) atoms. The van der Waals surface area contributed by atoms with Gasteiger partial charge in [-0.15, -0.1) is 0 Å². The second kappa shape index (κ2) is 21.1. The Balaban J connectivity index is 6.86. The standard InChI is InChI=1S/C26H66O14Si7/c1-17-26(27)37-18-19-47(38-41(11,12)20-23-44(28-2,29-3)30-4,39-42(13,14)21-24-45(31-5,32-6)33-7)40-43(15,16)22-25-46(34-8,35-9)36-10/h17-25H2,1-16H3. The van der Waals surface area contributed by atoms with Gasteiger partial charge >= 0.3 is 41.2 Å². The first kappa shape index (κ1) is 47.5. The molecule has 0 radical (unpaired) electrons. The molecule has 21 heteroatoms. The number of hydrogen-bond donors (Lipinski definition) is 0. The largest absolute Gasteiger partial charge is 0.499 e. The van der Waals surface area contributed by atoms with Gasteiger partial charge < -0.3 is 56.9 Å². The highest BCUT2D eigenvalue weighted by molar-refractivity contribution is 6.91. The van der Waals surface area contributed by atoms with Gasteiger partial charge in [0.05, 0.1) is 6.61 Å². The fourth-order valence-electron chi connectivity index (χ4n) is 5.05. The fraction of sp³-hybridized carbons (Fsp3) is 0.962. The average molecular weight is 799 g/mol. The number of carbonyl (C=O) groups is 1. The zero-order valence-corrected chi connectivity index (χ0v) is 39.1. The maximum atomic E-state index is 12.3. The van der Waals surface area contributed by atoms with Gasteiger partial charge in [-0.05, 0) is 57.4 Å². The van der Waals surface area contributed by atoms with Crippen LogP contribution >= 0.6 is 0 Å². The van der Waals surface area contributed by atoms with Crippen molar-refractivity contribution < 1.29 is 61.7 Å². The molecule has 0 rings (SSSR count). The maximum absolute atomic E-state index is 12.3. The summed E-state index contributed by atoms with van der Waals surface area (Å²) in [5.41, 5.74) is 0. The smallest absolute Gasteiger partial charge is 0.466 e. The molecule has 0 unspecified atom stereocenters. The average Bonchev–Trinajstić information content (AvgIpc) is 3.03. The molecule has 0 fully saturated rings. The third-order valence-electron chi connectivity index (χ3n) is 8.15. The van der Waals surface area contributed by atoms with E-state index in [2.05, 4.69) is 39.3 Å². The summed E-state index contributed by atoms with van der Waals surface area (Å²) >= 11 is 0. The molecular formula is C26H66O14Si7. The first-order valence-corrected chi connectivity index (χ1v) is 33.0. The van der Waals surface area contributed by atoms with Gasteiger partial charge in [-0.25, -0.2) is 0 Å². The van der Waals surface area contributed by atoms with Crippen LogP contribution in [0.4, 0.5) is 0 Å². The van der Waals surface area contributed by atoms with Crippen LogP contribution in [0.5, 0.6) is 0 Å². The molecule has 0 aliphatic rings. The summed E-state index contributed by atoms with van der Waals surface area (Å²) in [5.74, 6) is -0.291.